The monoisotopic (exact) mass is 460 g/mol. The van der Waals surface area contributed by atoms with Crippen LogP contribution in [0.4, 0.5) is 0 Å². The van der Waals surface area contributed by atoms with Crippen LogP contribution in [0.1, 0.15) is 44.8 Å². The zero-order valence-corrected chi connectivity index (χ0v) is 17.8. The minimum absolute atomic E-state index is 0. The number of piperazine rings is 1. The van der Waals surface area contributed by atoms with Crippen molar-refractivity contribution >= 4 is 29.9 Å². The van der Waals surface area contributed by atoms with E-state index in [4.69, 9.17) is 9.41 Å². The van der Waals surface area contributed by atoms with E-state index in [1.165, 1.54) is 45.2 Å². The molecule has 1 aliphatic carbocycles. The average molecular weight is 460 g/mol. The number of hydrogen-bond acceptors (Lipinski definition) is 3. The van der Waals surface area contributed by atoms with E-state index in [2.05, 4.69) is 22.0 Å². The highest BCUT2D eigenvalue weighted by molar-refractivity contribution is 14.0. The molecule has 0 spiro atoms. The molecule has 0 amide bonds. The SMILES string of the molecule is CCNC(=NCCc1ccco1)N1CCN(C2CCCCC2)CC1.I. The van der Waals surface area contributed by atoms with Crippen LogP contribution >= 0.6 is 24.0 Å². The van der Waals surface area contributed by atoms with Crippen LogP contribution in [0.25, 0.3) is 0 Å². The Balaban J connectivity index is 0.00000225. The summed E-state index contributed by atoms with van der Waals surface area (Å²) in [6.07, 6.45) is 9.67. The minimum Gasteiger partial charge on any atom is -0.469 e. The third kappa shape index (κ3) is 6.16. The Morgan fingerprint density at radius 1 is 1.20 bits per heavy atom. The average Bonchev–Trinajstić information content (AvgIpc) is 3.15. The molecule has 1 N–H and O–H groups in total. The maximum Gasteiger partial charge on any atom is 0.194 e. The van der Waals surface area contributed by atoms with Gasteiger partial charge in [-0.05, 0) is 31.9 Å². The second kappa shape index (κ2) is 11.1. The Hall–Kier alpha value is -0.760. The largest absolute Gasteiger partial charge is 0.469 e. The Kier molecular flexibility index (Phi) is 9.09. The molecule has 6 heteroatoms. The first-order valence-electron chi connectivity index (χ1n) is 9.66. The molecule has 2 fully saturated rings. The molecule has 0 atom stereocenters. The van der Waals surface area contributed by atoms with E-state index in [1.54, 1.807) is 6.26 Å². The lowest BCUT2D eigenvalue weighted by Crippen LogP contribution is -2.55. The van der Waals surface area contributed by atoms with Crippen molar-refractivity contribution in [2.75, 3.05) is 39.3 Å². The topological polar surface area (TPSA) is 44.0 Å². The highest BCUT2D eigenvalue weighted by Gasteiger charge is 2.26. The number of nitrogens with zero attached hydrogens (tertiary/aromatic N) is 3. The van der Waals surface area contributed by atoms with Crippen LogP contribution in [0.2, 0.25) is 0 Å². The van der Waals surface area contributed by atoms with E-state index in [9.17, 15) is 0 Å². The molecule has 2 aliphatic rings. The Labute approximate surface area is 169 Å². The summed E-state index contributed by atoms with van der Waals surface area (Å²) in [6, 6.07) is 4.79. The summed E-state index contributed by atoms with van der Waals surface area (Å²) >= 11 is 0. The van der Waals surface area contributed by atoms with Gasteiger partial charge >= 0.3 is 0 Å². The van der Waals surface area contributed by atoms with E-state index in [-0.39, 0.29) is 24.0 Å². The zero-order chi connectivity index (χ0) is 16.6. The van der Waals surface area contributed by atoms with Crippen molar-refractivity contribution in [1.29, 1.82) is 0 Å². The van der Waals surface area contributed by atoms with Crippen molar-refractivity contribution in [2.24, 2.45) is 4.99 Å². The van der Waals surface area contributed by atoms with Gasteiger partial charge in [0.25, 0.3) is 0 Å². The number of furan rings is 1. The molecule has 1 aromatic rings. The Morgan fingerprint density at radius 3 is 2.60 bits per heavy atom. The van der Waals surface area contributed by atoms with Gasteiger partial charge in [-0.1, -0.05) is 19.3 Å². The van der Waals surface area contributed by atoms with Gasteiger partial charge in [0.2, 0.25) is 0 Å². The molecule has 5 nitrogen and oxygen atoms in total. The van der Waals surface area contributed by atoms with Crippen molar-refractivity contribution in [1.82, 2.24) is 15.1 Å². The minimum atomic E-state index is 0. The van der Waals surface area contributed by atoms with Gasteiger partial charge in [0.15, 0.2) is 5.96 Å². The maximum atomic E-state index is 5.39. The van der Waals surface area contributed by atoms with E-state index < -0.39 is 0 Å². The van der Waals surface area contributed by atoms with Gasteiger partial charge in [-0.15, -0.1) is 24.0 Å². The van der Waals surface area contributed by atoms with Crippen LogP contribution in [0, 0.1) is 0 Å². The molecule has 1 saturated heterocycles. The van der Waals surface area contributed by atoms with Gasteiger partial charge in [0.1, 0.15) is 5.76 Å². The lowest BCUT2D eigenvalue weighted by Gasteiger charge is -2.41. The van der Waals surface area contributed by atoms with E-state index >= 15 is 0 Å². The predicted octanol–water partition coefficient (Wildman–Crippen LogP) is 3.36. The summed E-state index contributed by atoms with van der Waals surface area (Å²) in [4.78, 5) is 9.93. The van der Waals surface area contributed by atoms with Crippen molar-refractivity contribution in [3.8, 4) is 0 Å². The van der Waals surface area contributed by atoms with Crippen LogP contribution in [0.3, 0.4) is 0 Å². The fourth-order valence-corrected chi connectivity index (χ4v) is 3.90. The molecule has 0 unspecified atom stereocenters. The molecule has 25 heavy (non-hydrogen) atoms. The predicted molar refractivity (Wildman–Crippen MR) is 114 cm³/mol. The van der Waals surface area contributed by atoms with E-state index in [0.29, 0.717) is 0 Å². The van der Waals surface area contributed by atoms with Crippen LogP contribution in [-0.2, 0) is 6.42 Å². The molecule has 0 radical (unpaired) electrons. The number of hydrogen-bond donors (Lipinski definition) is 1. The van der Waals surface area contributed by atoms with Crippen LogP contribution in [-0.4, -0.2) is 61.1 Å². The third-order valence-electron chi connectivity index (χ3n) is 5.24. The molecule has 0 aromatic carbocycles. The number of guanidine groups is 1. The quantitative estimate of drug-likeness (QED) is 0.416. The van der Waals surface area contributed by atoms with Crippen LogP contribution in [0.15, 0.2) is 27.8 Å². The smallest absolute Gasteiger partial charge is 0.194 e. The molecule has 1 aromatic heterocycles. The summed E-state index contributed by atoms with van der Waals surface area (Å²) < 4.78 is 5.39. The fourth-order valence-electron chi connectivity index (χ4n) is 3.90. The summed E-state index contributed by atoms with van der Waals surface area (Å²) in [7, 11) is 0. The van der Waals surface area contributed by atoms with Gasteiger partial charge in [0, 0.05) is 51.7 Å². The molecule has 2 heterocycles. The van der Waals surface area contributed by atoms with Gasteiger partial charge in [-0.2, -0.15) is 0 Å². The molecule has 3 rings (SSSR count). The number of rotatable bonds is 5. The molecule has 1 aliphatic heterocycles. The van der Waals surface area contributed by atoms with Crippen molar-refractivity contribution in [2.45, 2.75) is 51.5 Å². The van der Waals surface area contributed by atoms with Crippen LogP contribution < -0.4 is 5.32 Å². The highest BCUT2D eigenvalue weighted by atomic mass is 127. The maximum absolute atomic E-state index is 5.39. The first-order chi connectivity index (χ1) is 11.9. The van der Waals surface area contributed by atoms with Gasteiger partial charge in [0.05, 0.1) is 6.26 Å². The molecule has 142 valence electrons. The third-order valence-corrected chi connectivity index (χ3v) is 5.24. The van der Waals surface area contributed by atoms with E-state index in [1.807, 2.05) is 12.1 Å². The Bertz CT molecular complexity index is 492. The van der Waals surface area contributed by atoms with Crippen LogP contribution in [0.5, 0.6) is 0 Å². The first kappa shape index (κ1) is 20.6. The van der Waals surface area contributed by atoms with E-state index in [0.717, 1.165) is 50.4 Å². The number of halogens is 1. The lowest BCUT2D eigenvalue weighted by atomic mass is 9.94. The number of nitrogens with one attached hydrogen (secondary N) is 1. The number of aliphatic imine (C=N–C) groups is 1. The molecular formula is C19H33IN4O. The second-order valence-electron chi connectivity index (χ2n) is 6.88. The fraction of sp³-hybridized carbons (Fsp3) is 0.737. The summed E-state index contributed by atoms with van der Waals surface area (Å²) in [6.45, 7) is 8.36. The summed E-state index contributed by atoms with van der Waals surface area (Å²) in [5, 5.41) is 3.45. The van der Waals surface area contributed by atoms with Gasteiger partial charge in [-0.25, -0.2) is 0 Å². The molecular weight excluding hydrogens is 427 g/mol. The standard InChI is InChI=1S/C19H32N4O.HI/c1-2-20-19(21-11-10-18-9-6-16-24-18)23-14-12-22(13-15-23)17-7-4-3-5-8-17;/h6,9,16-17H,2-5,7-8,10-15H2,1H3,(H,20,21);1H. The molecule has 1 saturated carbocycles. The summed E-state index contributed by atoms with van der Waals surface area (Å²) in [5.41, 5.74) is 0. The summed E-state index contributed by atoms with van der Waals surface area (Å²) in [5.74, 6) is 2.07. The van der Waals surface area contributed by atoms with Crippen molar-refractivity contribution < 1.29 is 4.42 Å². The normalized spacial score (nSPS) is 20.4. The first-order valence-corrected chi connectivity index (χ1v) is 9.66. The highest BCUT2D eigenvalue weighted by Crippen LogP contribution is 2.23. The van der Waals surface area contributed by atoms with Crippen molar-refractivity contribution in [3.63, 3.8) is 0 Å². The molecule has 0 bridgehead atoms. The second-order valence-corrected chi connectivity index (χ2v) is 6.88. The Morgan fingerprint density at radius 2 is 1.96 bits per heavy atom. The lowest BCUT2D eigenvalue weighted by molar-refractivity contribution is 0.106. The van der Waals surface area contributed by atoms with Crippen molar-refractivity contribution in [3.05, 3.63) is 24.2 Å². The van der Waals surface area contributed by atoms with Gasteiger partial charge < -0.3 is 14.6 Å². The van der Waals surface area contributed by atoms with Gasteiger partial charge in [-0.3, -0.25) is 9.89 Å². The zero-order valence-electron chi connectivity index (χ0n) is 15.5.